The average Bonchev–Trinajstić information content (AvgIpc) is 2.14. The van der Waals surface area contributed by atoms with Gasteiger partial charge in [0.1, 0.15) is 5.15 Å². The summed E-state index contributed by atoms with van der Waals surface area (Å²) in [6, 6.07) is 0.731. The molecule has 0 amide bonds. The van der Waals surface area contributed by atoms with Gasteiger partial charge in [0.25, 0.3) is 0 Å². The van der Waals surface area contributed by atoms with Crippen LogP contribution in [0.1, 0.15) is 11.1 Å². The predicted molar refractivity (Wildman–Crippen MR) is 50.9 cm³/mol. The van der Waals surface area contributed by atoms with E-state index in [0.29, 0.717) is 12.3 Å². The van der Waals surface area contributed by atoms with E-state index in [0.717, 1.165) is 12.1 Å². The zero-order chi connectivity index (χ0) is 12.3. The first-order valence-corrected chi connectivity index (χ1v) is 4.32. The van der Waals surface area contributed by atoms with E-state index in [1.165, 1.54) is 0 Å². The number of alkyl halides is 3. The zero-order valence-electron chi connectivity index (χ0n) is 7.62. The Bertz CT molecular complexity index is 443. The highest BCUT2D eigenvalue weighted by atomic mass is 35.5. The van der Waals surface area contributed by atoms with Crippen LogP contribution in [0.5, 0.6) is 0 Å². The Morgan fingerprint density at radius 1 is 1.50 bits per heavy atom. The van der Waals surface area contributed by atoms with Crippen molar-refractivity contribution in [3.63, 3.8) is 0 Å². The Kier molecular flexibility index (Phi) is 3.54. The lowest BCUT2D eigenvalue weighted by Gasteiger charge is -2.07. The molecule has 1 aromatic heterocycles. The lowest BCUT2D eigenvalue weighted by Crippen LogP contribution is -2.06. The summed E-state index contributed by atoms with van der Waals surface area (Å²) in [7, 11) is 0. The molecule has 0 bridgehead atoms. The van der Waals surface area contributed by atoms with Gasteiger partial charge in [-0.2, -0.15) is 13.2 Å². The van der Waals surface area contributed by atoms with Crippen LogP contribution in [0.3, 0.4) is 0 Å². The summed E-state index contributed by atoms with van der Waals surface area (Å²) in [5.74, 6) is -1.28. The highest BCUT2D eigenvalue weighted by Gasteiger charge is 2.31. The number of nitrogens with zero attached hydrogens (tertiary/aromatic N) is 1. The summed E-state index contributed by atoms with van der Waals surface area (Å²) in [4.78, 5) is 13.5. The van der Waals surface area contributed by atoms with Gasteiger partial charge in [0.05, 0.1) is 5.56 Å². The maximum absolute atomic E-state index is 12.3. The van der Waals surface area contributed by atoms with Crippen LogP contribution in [-0.2, 0) is 11.0 Å². The number of carbonyl (C=O) groups is 1. The van der Waals surface area contributed by atoms with Crippen LogP contribution in [0.4, 0.5) is 13.2 Å². The van der Waals surface area contributed by atoms with E-state index in [1.54, 1.807) is 0 Å². The molecule has 86 valence electrons. The number of halogens is 4. The number of carboxylic acids is 1. The van der Waals surface area contributed by atoms with Crippen molar-refractivity contribution in [1.29, 1.82) is 0 Å². The molecule has 0 aliphatic heterocycles. The number of hydrogen-bond donors (Lipinski definition) is 1. The second kappa shape index (κ2) is 4.52. The smallest absolute Gasteiger partial charge is 0.417 e. The Morgan fingerprint density at radius 2 is 2.12 bits per heavy atom. The molecular formula is C9H5ClF3NO2. The van der Waals surface area contributed by atoms with Crippen molar-refractivity contribution >= 4 is 23.6 Å². The van der Waals surface area contributed by atoms with Crippen molar-refractivity contribution in [2.24, 2.45) is 0 Å². The molecule has 1 heterocycles. The highest BCUT2D eigenvalue weighted by molar-refractivity contribution is 6.30. The van der Waals surface area contributed by atoms with E-state index >= 15 is 0 Å². The quantitative estimate of drug-likeness (QED) is 0.649. The molecule has 0 saturated heterocycles. The van der Waals surface area contributed by atoms with Gasteiger partial charge >= 0.3 is 12.1 Å². The molecule has 0 aromatic carbocycles. The summed E-state index contributed by atoms with van der Waals surface area (Å²) in [6.07, 6.45) is -2.32. The number of aliphatic carboxylic acids is 1. The van der Waals surface area contributed by atoms with Gasteiger partial charge in [0, 0.05) is 17.8 Å². The standard InChI is InChI=1S/C9H5ClF3NO2/c10-8-5(1-2-7(15)16)3-6(4-14-8)9(11,12)13/h1-4H,(H,15,16)/b2-1+. The van der Waals surface area contributed by atoms with Crippen LogP contribution in [0.15, 0.2) is 18.3 Å². The van der Waals surface area contributed by atoms with E-state index in [1.807, 2.05) is 0 Å². The molecule has 16 heavy (non-hydrogen) atoms. The Hall–Kier alpha value is -1.56. The van der Waals surface area contributed by atoms with Gasteiger partial charge in [-0.3, -0.25) is 0 Å². The van der Waals surface area contributed by atoms with E-state index < -0.39 is 17.7 Å². The lowest BCUT2D eigenvalue weighted by molar-refractivity contribution is -0.137. The molecule has 0 unspecified atom stereocenters. The molecule has 0 aliphatic carbocycles. The molecule has 1 rings (SSSR count). The van der Waals surface area contributed by atoms with Crippen molar-refractivity contribution < 1.29 is 23.1 Å². The van der Waals surface area contributed by atoms with Crippen molar-refractivity contribution in [2.75, 3.05) is 0 Å². The van der Waals surface area contributed by atoms with Crippen molar-refractivity contribution in [1.82, 2.24) is 4.98 Å². The van der Waals surface area contributed by atoms with E-state index in [2.05, 4.69) is 4.98 Å². The summed E-state index contributed by atoms with van der Waals surface area (Å²) in [6.45, 7) is 0. The molecule has 1 N–H and O–H groups in total. The van der Waals surface area contributed by atoms with E-state index in [9.17, 15) is 18.0 Å². The van der Waals surface area contributed by atoms with Gasteiger partial charge in [0.2, 0.25) is 0 Å². The Morgan fingerprint density at radius 3 is 2.62 bits per heavy atom. The van der Waals surface area contributed by atoms with Crippen LogP contribution >= 0.6 is 11.6 Å². The SMILES string of the molecule is O=C(O)/C=C/c1cc(C(F)(F)F)cnc1Cl. The fourth-order valence-electron chi connectivity index (χ4n) is 0.898. The maximum atomic E-state index is 12.3. The van der Waals surface area contributed by atoms with Crippen molar-refractivity contribution in [3.8, 4) is 0 Å². The maximum Gasteiger partial charge on any atom is 0.417 e. The number of aromatic nitrogens is 1. The third kappa shape index (κ3) is 3.23. The first-order chi connectivity index (χ1) is 7.30. The minimum absolute atomic E-state index is 0.0982. The molecule has 1 aromatic rings. The number of hydrogen-bond acceptors (Lipinski definition) is 2. The van der Waals surface area contributed by atoms with Crippen LogP contribution < -0.4 is 0 Å². The van der Waals surface area contributed by atoms with Gasteiger partial charge in [-0.05, 0) is 12.1 Å². The molecular weight excluding hydrogens is 247 g/mol. The zero-order valence-corrected chi connectivity index (χ0v) is 8.38. The number of pyridine rings is 1. The summed E-state index contributed by atoms with van der Waals surface area (Å²) < 4.78 is 36.8. The minimum atomic E-state index is -4.54. The molecule has 7 heteroatoms. The van der Waals surface area contributed by atoms with Gasteiger partial charge in [-0.25, -0.2) is 9.78 Å². The summed E-state index contributed by atoms with van der Waals surface area (Å²) >= 11 is 5.51. The molecule has 0 aliphatic rings. The monoisotopic (exact) mass is 251 g/mol. The van der Waals surface area contributed by atoms with Crippen LogP contribution in [0.25, 0.3) is 6.08 Å². The minimum Gasteiger partial charge on any atom is -0.478 e. The Balaban J connectivity index is 3.14. The van der Waals surface area contributed by atoms with Crippen molar-refractivity contribution in [3.05, 3.63) is 34.6 Å². The molecule has 3 nitrogen and oxygen atoms in total. The van der Waals surface area contributed by atoms with Crippen LogP contribution in [0, 0.1) is 0 Å². The fraction of sp³-hybridized carbons (Fsp3) is 0.111. The van der Waals surface area contributed by atoms with Crippen LogP contribution in [-0.4, -0.2) is 16.1 Å². The first-order valence-electron chi connectivity index (χ1n) is 3.94. The van der Waals surface area contributed by atoms with Gasteiger partial charge in [-0.1, -0.05) is 11.6 Å². The number of rotatable bonds is 2. The van der Waals surface area contributed by atoms with Gasteiger partial charge < -0.3 is 5.11 Å². The summed E-state index contributed by atoms with van der Waals surface area (Å²) in [5.41, 5.74) is -1.08. The van der Waals surface area contributed by atoms with E-state index in [-0.39, 0.29) is 10.7 Å². The molecule has 0 radical (unpaired) electrons. The predicted octanol–water partition coefficient (Wildman–Crippen LogP) is 2.85. The van der Waals surface area contributed by atoms with Gasteiger partial charge in [0.15, 0.2) is 0 Å². The molecule has 0 spiro atoms. The summed E-state index contributed by atoms with van der Waals surface area (Å²) in [5, 5.41) is 8.13. The molecule has 0 atom stereocenters. The van der Waals surface area contributed by atoms with Crippen molar-refractivity contribution in [2.45, 2.75) is 6.18 Å². The lowest BCUT2D eigenvalue weighted by atomic mass is 10.2. The average molecular weight is 252 g/mol. The topological polar surface area (TPSA) is 50.2 Å². The molecule has 0 fully saturated rings. The van der Waals surface area contributed by atoms with Crippen LogP contribution in [0.2, 0.25) is 5.15 Å². The third-order valence-corrected chi connectivity index (χ3v) is 1.91. The second-order valence-corrected chi connectivity index (χ2v) is 3.13. The number of carboxylic acid groups (broad SMARTS) is 1. The Labute approximate surface area is 93.2 Å². The highest BCUT2D eigenvalue weighted by Crippen LogP contribution is 2.30. The molecule has 0 saturated carbocycles. The first kappa shape index (κ1) is 12.5. The normalized spacial score (nSPS) is 12.0. The van der Waals surface area contributed by atoms with Gasteiger partial charge in [-0.15, -0.1) is 0 Å². The fourth-order valence-corrected chi connectivity index (χ4v) is 1.06. The second-order valence-electron chi connectivity index (χ2n) is 2.77. The largest absolute Gasteiger partial charge is 0.478 e. The third-order valence-electron chi connectivity index (χ3n) is 1.60. The van der Waals surface area contributed by atoms with E-state index in [4.69, 9.17) is 16.7 Å².